The van der Waals surface area contributed by atoms with Gasteiger partial charge < -0.3 is 9.73 Å². The molecule has 2 aromatic rings. The lowest BCUT2D eigenvalue weighted by Crippen LogP contribution is -2.04. The van der Waals surface area contributed by atoms with Gasteiger partial charge in [-0.15, -0.1) is 0 Å². The van der Waals surface area contributed by atoms with E-state index in [1.807, 2.05) is 13.1 Å². The average Bonchev–Trinajstić information content (AvgIpc) is 2.59. The van der Waals surface area contributed by atoms with Crippen molar-refractivity contribution in [1.82, 2.24) is 10.3 Å². The summed E-state index contributed by atoms with van der Waals surface area (Å²) >= 11 is 3.50. The number of aromatic nitrogens is 1. The minimum atomic E-state index is 0.426. The number of nitrogens with zero attached hydrogens (tertiary/aromatic N) is 1. The van der Waals surface area contributed by atoms with Crippen molar-refractivity contribution in [2.75, 3.05) is 7.05 Å². The van der Waals surface area contributed by atoms with Gasteiger partial charge in [-0.25, -0.2) is 4.98 Å². The highest BCUT2D eigenvalue weighted by molar-refractivity contribution is 9.10. The van der Waals surface area contributed by atoms with E-state index in [0.29, 0.717) is 12.5 Å². The molecule has 4 heteroatoms. The summed E-state index contributed by atoms with van der Waals surface area (Å²) in [6, 6.07) is 4.09. The zero-order chi connectivity index (χ0) is 11.7. The van der Waals surface area contributed by atoms with Crippen LogP contribution in [-0.4, -0.2) is 12.0 Å². The summed E-state index contributed by atoms with van der Waals surface area (Å²) in [6.07, 6.45) is 0. The summed E-state index contributed by atoms with van der Waals surface area (Å²) in [5.41, 5.74) is 3.02. The van der Waals surface area contributed by atoms with Crippen molar-refractivity contribution >= 4 is 27.0 Å². The summed E-state index contributed by atoms with van der Waals surface area (Å²) in [4.78, 5) is 4.45. The zero-order valence-corrected chi connectivity index (χ0v) is 11.3. The van der Waals surface area contributed by atoms with Gasteiger partial charge in [0.15, 0.2) is 5.58 Å². The van der Waals surface area contributed by atoms with E-state index >= 15 is 0 Å². The molecule has 0 amide bonds. The standard InChI is InChI=1S/C12H15BrN2O/c1-7(2)9-4-8(13)5-10-12(9)16-11(15-10)6-14-3/h4-5,7,14H,6H2,1-3H3. The molecule has 2 rings (SSSR count). The highest BCUT2D eigenvalue weighted by Gasteiger charge is 2.13. The molecule has 0 aliphatic heterocycles. The van der Waals surface area contributed by atoms with Crippen LogP contribution in [0.3, 0.4) is 0 Å². The van der Waals surface area contributed by atoms with Crippen LogP contribution in [0.25, 0.3) is 11.1 Å². The molecule has 3 nitrogen and oxygen atoms in total. The summed E-state index contributed by atoms with van der Waals surface area (Å²) in [5.74, 6) is 1.16. The third-order valence-electron chi connectivity index (χ3n) is 2.48. The first-order chi connectivity index (χ1) is 7.61. The van der Waals surface area contributed by atoms with Gasteiger partial charge in [-0.2, -0.15) is 0 Å². The van der Waals surface area contributed by atoms with Gasteiger partial charge in [0.25, 0.3) is 0 Å². The first kappa shape index (κ1) is 11.6. The Morgan fingerprint density at radius 3 is 2.81 bits per heavy atom. The van der Waals surface area contributed by atoms with Gasteiger partial charge in [0, 0.05) is 10.0 Å². The van der Waals surface area contributed by atoms with Crippen molar-refractivity contribution in [2.24, 2.45) is 0 Å². The van der Waals surface area contributed by atoms with E-state index in [1.54, 1.807) is 0 Å². The average molecular weight is 283 g/mol. The Balaban J connectivity index is 2.60. The minimum Gasteiger partial charge on any atom is -0.439 e. The molecular weight excluding hydrogens is 268 g/mol. The Labute approximate surface area is 103 Å². The fourth-order valence-corrected chi connectivity index (χ4v) is 2.19. The molecular formula is C12H15BrN2O. The van der Waals surface area contributed by atoms with Crippen molar-refractivity contribution in [2.45, 2.75) is 26.3 Å². The number of fused-ring (bicyclic) bond motifs is 1. The molecule has 1 heterocycles. The summed E-state index contributed by atoms with van der Waals surface area (Å²) in [6.45, 7) is 4.97. The summed E-state index contributed by atoms with van der Waals surface area (Å²) < 4.78 is 6.81. The molecule has 0 spiro atoms. The van der Waals surface area contributed by atoms with Crippen LogP contribution in [-0.2, 0) is 6.54 Å². The van der Waals surface area contributed by atoms with Crippen molar-refractivity contribution in [3.05, 3.63) is 28.1 Å². The van der Waals surface area contributed by atoms with E-state index in [1.165, 1.54) is 5.56 Å². The predicted molar refractivity (Wildman–Crippen MR) is 68.6 cm³/mol. The Bertz CT molecular complexity index is 505. The fourth-order valence-electron chi connectivity index (χ4n) is 1.72. The van der Waals surface area contributed by atoms with Crippen LogP contribution >= 0.6 is 15.9 Å². The molecule has 0 saturated carbocycles. The van der Waals surface area contributed by atoms with E-state index in [-0.39, 0.29) is 0 Å². The van der Waals surface area contributed by atoms with E-state index in [0.717, 1.165) is 21.5 Å². The third-order valence-corrected chi connectivity index (χ3v) is 2.94. The zero-order valence-electron chi connectivity index (χ0n) is 9.67. The van der Waals surface area contributed by atoms with Gasteiger partial charge in [-0.3, -0.25) is 0 Å². The number of halogens is 1. The topological polar surface area (TPSA) is 38.1 Å². The number of hydrogen-bond donors (Lipinski definition) is 1. The van der Waals surface area contributed by atoms with Crippen LogP contribution in [0.4, 0.5) is 0 Å². The highest BCUT2D eigenvalue weighted by Crippen LogP contribution is 2.29. The molecule has 0 bridgehead atoms. The molecule has 1 N–H and O–H groups in total. The Hall–Kier alpha value is -0.870. The van der Waals surface area contributed by atoms with Crippen LogP contribution in [0.2, 0.25) is 0 Å². The Morgan fingerprint density at radius 2 is 2.19 bits per heavy atom. The number of rotatable bonds is 3. The largest absolute Gasteiger partial charge is 0.439 e. The van der Waals surface area contributed by atoms with Crippen molar-refractivity contribution in [3.63, 3.8) is 0 Å². The fraction of sp³-hybridized carbons (Fsp3) is 0.417. The van der Waals surface area contributed by atoms with Gasteiger partial charge in [0.05, 0.1) is 6.54 Å². The van der Waals surface area contributed by atoms with E-state index in [2.05, 4.69) is 46.1 Å². The van der Waals surface area contributed by atoms with Gasteiger partial charge in [-0.1, -0.05) is 29.8 Å². The molecule has 0 saturated heterocycles. The maximum absolute atomic E-state index is 5.76. The molecule has 16 heavy (non-hydrogen) atoms. The molecule has 0 aliphatic carbocycles. The second-order valence-electron chi connectivity index (χ2n) is 4.14. The number of nitrogens with one attached hydrogen (secondary N) is 1. The lowest BCUT2D eigenvalue weighted by atomic mass is 10.0. The Kier molecular flexibility index (Phi) is 3.30. The first-order valence-corrected chi connectivity index (χ1v) is 6.14. The molecule has 0 atom stereocenters. The minimum absolute atomic E-state index is 0.426. The first-order valence-electron chi connectivity index (χ1n) is 5.35. The maximum Gasteiger partial charge on any atom is 0.209 e. The van der Waals surface area contributed by atoms with Crippen LogP contribution < -0.4 is 5.32 Å². The van der Waals surface area contributed by atoms with E-state index < -0.39 is 0 Å². The van der Waals surface area contributed by atoms with Gasteiger partial charge >= 0.3 is 0 Å². The SMILES string of the molecule is CNCc1nc2cc(Br)cc(C(C)C)c2o1. The van der Waals surface area contributed by atoms with Crippen LogP contribution in [0.5, 0.6) is 0 Å². The molecule has 1 aromatic heterocycles. The van der Waals surface area contributed by atoms with Crippen LogP contribution in [0.1, 0.15) is 31.2 Å². The molecule has 86 valence electrons. The van der Waals surface area contributed by atoms with Crippen molar-refractivity contribution in [3.8, 4) is 0 Å². The molecule has 0 fully saturated rings. The maximum atomic E-state index is 5.76. The molecule has 0 unspecified atom stereocenters. The quantitative estimate of drug-likeness (QED) is 0.937. The van der Waals surface area contributed by atoms with Crippen LogP contribution in [0, 0.1) is 0 Å². The van der Waals surface area contributed by atoms with E-state index in [4.69, 9.17) is 4.42 Å². The molecule has 0 radical (unpaired) electrons. The van der Waals surface area contributed by atoms with Gasteiger partial charge in [0.2, 0.25) is 5.89 Å². The predicted octanol–water partition coefficient (Wildman–Crippen LogP) is 3.43. The normalized spacial score (nSPS) is 11.6. The number of hydrogen-bond acceptors (Lipinski definition) is 3. The van der Waals surface area contributed by atoms with Crippen molar-refractivity contribution < 1.29 is 4.42 Å². The van der Waals surface area contributed by atoms with Gasteiger partial charge in [-0.05, 0) is 25.1 Å². The Morgan fingerprint density at radius 1 is 1.44 bits per heavy atom. The number of oxazole rings is 1. The lowest BCUT2D eigenvalue weighted by molar-refractivity contribution is 0.508. The highest BCUT2D eigenvalue weighted by atomic mass is 79.9. The molecule has 0 aliphatic rings. The number of benzene rings is 1. The van der Waals surface area contributed by atoms with Crippen molar-refractivity contribution in [1.29, 1.82) is 0 Å². The van der Waals surface area contributed by atoms with Crippen LogP contribution in [0.15, 0.2) is 21.0 Å². The lowest BCUT2D eigenvalue weighted by Gasteiger charge is -2.05. The second kappa shape index (κ2) is 4.55. The molecule has 1 aromatic carbocycles. The second-order valence-corrected chi connectivity index (χ2v) is 5.05. The summed E-state index contributed by atoms with van der Waals surface area (Å²) in [7, 11) is 1.88. The van der Waals surface area contributed by atoms with Gasteiger partial charge in [0.1, 0.15) is 5.52 Å². The monoisotopic (exact) mass is 282 g/mol. The summed E-state index contributed by atoms with van der Waals surface area (Å²) in [5, 5.41) is 3.04. The smallest absolute Gasteiger partial charge is 0.209 e. The third kappa shape index (κ3) is 2.13. The van der Waals surface area contributed by atoms with E-state index in [9.17, 15) is 0 Å².